The van der Waals surface area contributed by atoms with Gasteiger partial charge < -0.3 is 10.6 Å². The lowest BCUT2D eigenvalue weighted by molar-refractivity contribution is 0.102. The molecule has 3 aromatic rings. The van der Waals surface area contributed by atoms with Gasteiger partial charge in [-0.05, 0) is 38.0 Å². The van der Waals surface area contributed by atoms with Gasteiger partial charge in [0.1, 0.15) is 11.5 Å². The van der Waals surface area contributed by atoms with Gasteiger partial charge >= 0.3 is 0 Å². The van der Waals surface area contributed by atoms with Gasteiger partial charge in [-0.1, -0.05) is 48.0 Å². The Balaban J connectivity index is 1.66. The first-order chi connectivity index (χ1) is 12.5. The number of carbonyl (C=O) groups is 1. The molecule has 0 fully saturated rings. The number of benzene rings is 2. The van der Waals surface area contributed by atoms with E-state index in [9.17, 15) is 4.79 Å². The average molecular weight is 346 g/mol. The molecule has 0 saturated heterocycles. The predicted molar refractivity (Wildman–Crippen MR) is 104 cm³/mol. The van der Waals surface area contributed by atoms with Gasteiger partial charge in [0, 0.05) is 11.7 Å². The lowest BCUT2D eigenvalue weighted by Gasteiger charge is -2.14. The fourth-order valence-electron chi connectivity index (χ4n) is 2.71. The van der Waals surface area contributed by atoms with Crippen LogP contribution in [0.15, 0.2) is 60.9 Å². The summed E-state index contributed by atoms with van der Waals surface area (Å²) in [4.78, 5) is 20.9. The van der Waals surface area contributed by atoms with Crippen LogP contribution in [0.3, 0.4) is 0 Å². The van der Waals surface area contributed by atoms with Crippen molar-refractivity contribution in [2.45, 2.75) is 26.8 Å². The van der Waals surface area contributed by atoms with Gasteiger partial charge in [-0.25, -0.2) is 9.97 Å². The number of nitrogens with zero attached hydrogens (tertiary/aromatic N) is 2. The zero-order chi connectivity index (χ0) is 18.5. The first-order valence-electron chi connectivity index (χ1n) is 8.55. The SMILES string of the molecule is Cc1ccc(NC(=O)c2cnc(NC(C)c3ccccc3)cn2)c(C)c1. The Bertz CT molecular complexity index is 892. The zero-order valence-electron chi connectivity index (χ0n) is 15.2. The number of anilines is 2. The predicted octanol–water partition coefficient (Wildman–Crippen LogP) is 4.52. The number of carbonyl (C=O) groups excluding carboxylic acids is 1. The molecule has 0 radical (unpaired) electrons. The van der Waals surface area contributed by atoms with Crippen LogP contribution in [0, 0.1) is 13.8 Å². The summed E-state index contributed by atoms with van der Waals surface area (Å²) in [7, 11) is 0. The van der Waals surface area contributed by atoms with Crippen molar-refractivity contribution < 1.29 is 4.79 Å². The van der Waals surface area contributed by atoms with Crippen LogP contribution in [0.4, 0.5) is 11.5 Å². The van der Waals surface area contributed by atoms with E-state index < -0.39 is 0 Å². The largest absolute Gasteiger partial charge is 0.362 e. The molecule has 0 saturated carbocycles. The Labute approximate surface area is 153 Å². The summed E-state index contributed by atoms with van der Waals surface area (Å²) >= 11 is 0. The summed E-state index contributed by atoms with van der Waals surface area (Å²) in [5, 5.41) is 6.16. The Morgan fingerprint density at radius 3 is 2.42 bits per heavy atom. The Morgan fingerprint density at radius 1 is 1.00 bits per heavy atom. The van der Waals surface area contributed by atoms with Crippen molar-refractivity contribution in [2.75, 3.05) is 10.6 Å². The number of aromatic nitrogens is 2. The number of aryl methyl sites for hydroxylation is 2. The number of nitrogens with one attached hydrogen (secondary N) is 2. The Morgan fingerprint density at radius 2 is 1.77 bits per heavy atom. The van der Waals surface area contributed by atoms with Crippen molar-refractivity contribution in [1.29, 1.82) is 0 Å². The van der Waals surface area contributed by atoms with Crippen LogP contribution in [0.1, 0.15) is 40.1 Å². The van der Waals surface area contributed by atoms with Crippen molar-refractivity contribution in [1.82, 2.24) is 9.97 Å². The highest BCUT2D eigenvalue weighted by atomic mass is 16.1. The quantitative estimate of drug-likeness (QED) is 0.713. The van der Waals surface area contributed by atoms with E-state index in [0.29, 0.717) is 5.82 Å². The zero-order valence-corrected chi connectivity index (χ0v) is 15.2. The van der Waals surface area contributed by atoms with E-state index >= 15 is 0 Å². The molecule has 5 nitrogen and oxygen atoms in total. The van der Waals surface area contributed by atoms with Crippen LogP contribution in [-0.4, -0.2) is 15.9 Å². The summed E-state index contributed by atoms with van der Waals surface area (Å²) in [6, 6.07) is 16.1. The highest BCUT2D eigenvalue weighted by Crippen LogP contribution is 2.18. The summed E-state index contributed by atoms with van der Waals surface area (Å²) in [5.74, 6) is 0.358. The average Bonchev–Trinajstić information content (AvgIpc) is 2.65. The second-order valence-corrected chi connectivity index (χ2v) is 6.34. The monoisotopic (exact) mass is 346 g/mol. The lowest BCUT2D eigenvalue weighted by Crippen LogP contribution is -2.15. The van der Waals surface area contributed by atoms with E-state index in [2.05, 4.69) is 39.7 Å². The number of rotatable bonds is 5. The van der Waals surface area contributed by atoms with Crippen LogP contribution >= 0.6 is 0 Å². The lowest BCUT2D eigenvalue weighted by atomic mass is 10.1. The summed E-state index contributed by atoms with van der Waals surface area (Å²) in [6.07, 6.45) is 3.06. The number of amides is 1. The van der Waals surface area contributed by atoms with E-state index in [1.54, 1.807) is 6.20 Å². The van der Waals surface area contributed by atoms with Gasteiger partial charge in [-0.15, -0.1) is 0 Å². The van der Waals surface area contributed by atoms with Crippen molar-refractivity contribution in [3.8, 4) is 0 Å². The van der Waals surface area contributed by atoms with Crippen LogP contribution in [0.5, 0.6) is 0 Å². The van der Waals surface area contributed by atoms with Crippen LogP contribution in [-0.2, 0) is 0 Å². The molecule has 132 valence electrons. The molecule has 0 spiro atoms. The third-order valence-corrected chi connectivity index (χ3v) is 4.18. The maximum absolute atomic E-state index is 12.4. The Hall–Kier alpha value is -3.21. The summed E-state index contributed by atoms with van der Waals surface area (Å²) in [6.45, 7) is 6.04. The molecule has 0 aliphatic rings. The van der Waals surface area contributed by atoms with Crippen LogP contribution in [0.25, 0.3) is 0 Å². The van der Waals surface area contributed by atoms with Gasteiger partial charge in [0.15, 0.2) is 0 Å². The van der Waals surface area contributed by atoms with Gasteiger partial charge in [-0.3, -0.25) is 4.79 Å². The van der Waals surface area contributed by atoms with Gasteiger partial charge in [-0.2, -0.15) is 0 Å². The minimum absolute atomic E-state index is 0.0976. The number of hydrogen-bond acceptors (Lipinski definition) is 4. The molecule has 2 N–H and O–H groups in total. The maximum atomic E-state index is 12.4. The Kier molecular flexibility index (Phi) is 5.27. The first kappa shape index (κ1) is 17.6. The smallest absolute Gasteiger partial charge is 0.275 e. The molecule has 1 heterocycles. The van der Waals surface area contributed by atoms with Gasteiger partial charge in [0.25, 0.3) is 5.91 Å². The summed E-state index contributed by atoms with van der Waals surface area (Å²) in [5.41, 5.74) is 4.39. The third kappa shape index (κ3) is 4.25. The molecular weight excluding hydrogens is 324 g/mol. The highest BCUT2D eigenvalue weighted by molar-refractivity contribution is 6.03. The highest BCUT2D eigenvalue weighted by Gasteiger charge is 2.11. The van der Waals surface area contributed by atoms with Crippen LogP contribution < -0.4 is 10.6 Å². The second-order valence-electron chi connectivity index (χ2n) is 6.34. The van der Waals surface area contributed by atoms with E-state index in [-0.39, 0.29) is 17.6 Å². The van der Waals surface area contributed by atoms with Crippen molar-refractivity contribution in [3.05, 3.63) is 83.3 Å². The molecule has 0 bridgehead atoms. The van der Waals surface area contributed by atoms with E-state index in [1.807, 2.05) is 50.2 Å². The van der Waals surface area contributed by atoms with E-state index in [0.717, 1.165) is 22.4 Å². The summed E-state index contributed by atoms with van der Waals surface area (Å²) < 4.78 is 0. The number of hydrogen-bond donors (Lipinski definition) is 2. The molecule has 2 aromatic carbocycles. The van der Waals surface area contributed by atoms with Gasteiger partial charge in [0.05, 0.1) is 12.4 Å². The molecule has 1 unspecified atom stereocenters. The molecular formula is C21H22N4O. The van der Waals surface area contributed by atoms with Crippen molar-refractivity contribution >= 4 is 17.4 Å². The third-order valence-electron chi connectivity index (χ3n) is 4.18. The first-order valence-corrected chi connectivity index (χ1v) is 8.55. The fourth-order valence-corrected chi connectivity index (χ4v) is 2.71. The minimum Gasteiger partial charge on any atom is -0.362 e. The minimum atomic E-state index is -0.271. The fraction of sp³-hybridized carbons (Fsp3) is 0.190. The normalized spacial score (nSPS) is 11.7. The molecule has 26 heavy (non-hydrogen) atoms. The molecule has 1 amide bonds. The standard InChI is InChI=1S/C21H22N4O/c1-14-9-10-18(15(2)11-14)25-21(26)19-12-23-20(13-22-19)24-16(3)17-7-5-4-6-8-17/h4-13,16H,1-3H3,(H,23,24)(H,25,26). The topological polar surface area (TPSA) is 66.9 Å². The van der Waals surface area contributed by atoms with Crippen LogP contribution in [0.2, 0.25) is 0 Å². The van der Waals surface area contributed by atoms with E-state index in [1.165, 1.54) is 6.20 Å². The molecule has 5 heteroatoms. The molecule has 0 aliphatic carbocycles. The van der Waals surface area contributed by atoms with Gasteiger partial charge in [0.2, 0.25) is 0 Å². The molecule has 3 rings (SSSR count). The van der Waals surface area contributed by atoms with E-state index in [4.69, 9.17) is 0 Å². The second kappa shape index (κ2) is 7.78. The van der Waals surface area contributed by atoms with Crippen molar-refractivity contribution in [3.63, 3.8) is 0 Å². The molecule has 0 aliphatic heterocycles. The maximum Gasteiger partial charge on any atom is 0.275 e. The molecule has 1 aromatic heterocycles. The van der Waals surface area contributed by atoms with Crippen molar-refractivity contribution in [2.24, 2.45) is 0 Å². The molecule has 1 atom stereocenters.